The van der Waals surface area contributed by atoms with Gasteiger partial charge in [-0.1, -0.05) is 12.1 Å². The molecular formula is C12H10F3N3O. The fourth-order valence-electron chi connectivity index (χ4n) is 1.47. The van der Waals surface area contributed by atoms with E-state index in [1.54, 1.807) is 19.2 Å². The molecule has 0 fully saturated rings. The van der Waals surface area contributed by atoms with Crippen LogP contribution in [0.2, 0.25) is 0 Å². The first-order chi connectivity index (χ1) is 8.98. The van der Waals surface area contributed by atoms with Crippen LogP contribution >= 0.6 is 0 Å². The van der Waals surface area contributed by atoms with Crippen molar-refractivity contribution in [3.05, 3.63) is 36.5 Å². The van der Waals surface area contributed by atoms with E-state index in [1.807, 2.05) is 0 Å². The molecule has 0 saturated carbocycles. The number of anilines is 1. The minimum Gasteiger partial charge on any atom is -0.406 e. The number of nitrogens with one attached hydrogen (secondary N) is 1. The summed E-state index contributed by atoms with van der Waals surface area (Å²) in [6.07, 6.45) is -3.20. The Hall–Kier alpha value is -2.31. The van der Waals surface area contributed by atoms with E-state index in [2.05, 4.69) is 20.0 Å². The van der Waals surface area contributed by atoms with E-state index in [-0.39, 0.29) is 5.75 Å². The molecule has 0 aliphatic rings. The number of ether oxygens (including phenoxy) is 1. The number of alkyl halides is 3. The third kappa shape index (κ3) is 3.57. The molecule has 0 unspecified atom stereocenters. The highest BCUT2D eigenvalue weighted by Crippen LogP contribution is 2.26. The molecule has 0 aliphatic carbocycles. The van der Waals surface area contributed by atoms with Crippen molar-refractivity contribution >= 4 is 5.82 Å². The second-order valence-corrected chi connectivity index (χ2v) is 3.59. The van der Waals surface area contributed by atoms with Crippen molar-refractivity contribution in [1.82, 2.24) is 9.97 Å². The number of hydrogen-bond acceptors (Lipinski definition) is 4. The average Bonchev–Trinajstić information content (AvgIpc) is 2.37. The largest absolute Gasteiger partial charge is 0.573 e. The van der Waals surface area contributed by atoms with Crippen molar-refractivity contribution in [1.29, 1.82) is 0 Å². The van der Waals surface area contributed by atoms with Gasteiger partial charge < -0.3 is 10.1 Å². The van der Waals surface area contributed by atoms with Crippen molar-refractivity contribution in [3.8, 4) is 17.1 Å². The summed E-state index contributed by atoms with van der Waals surface area (Å²) >= 11 is 0. The average molecular weight is 269 g/mol. The first-order valence-electron chi connectivity index (χ1n) is 5.35. The Morgan fingerprint density at radius 1 is 1.21 bits per heavy atom. The maximum Gasteiger partial charge on any atom is 0.573 e. The monoisotopic (exact) mass is 269 g/mol. The highest BCUT2D eigenvalue weighted by molar-refractivity contribution is 5.59. The molecule has 7 heteroatoms. The summed E-state index contributed by atoms with van der Waals surface area (Å²) in [6, 6.07) is 7.17. The molecule has 2 rings (SSSR count). The van der Waals surface area contributed by atoms with Crippen molar-refractivity contribution in [2.75, 3.05) is 12.4 Å². The molecule has 0 aliphatic heterocycles. The molecule has 0 amide bonds. The van der Waals surface area contributed by atoms with Crippen LogP contribution in [0.25, 0.3) is 11.4 Å². The fraction of sp³-hybridized carbons (Fsp3) is 0.167. The van der Waals surface area contributed by atoms with E-state index in [0.717, 1.165) is 0 Å². The summed E-state index contributed by atoms with van der Waals surface area (Å²) in [5.41, 5.74) is 0.443. The molecule has 4 nitrogen and oxygen atoms in total. The Morgan fingerprint density at radius 2 is 2.00 bits per heavy atom. The molecule has 19 heavy (non-hydrogen) atoms. The van der Waals surface area contributed by atoms with Crippen LogP contribution in [-0.4, -0.2) is 23.4 Å². The minimum atomic E-state index is -4.72. The van der Waals surface area contributed by atoms with Crippen LogP contribution < -0.4 is 10.1 Å². The third-order valence-corrected chi connectivity index (χ3v) is 2.24. The van der Waals surface area contributed by atoms with E-state index in [1.165, 1.54) is 24.4 Å². The normalized spacial score (nSPS) is 11.2. The molecule has 0 bridgehead atoms. The van der Waals surface area contributed by atoms with Gasteiger partial charge in [0.2, 0.25) is 0 Å². The predicted octanol–water partition coefficient (Wildman–Crippen LogP) is 3.08. The van der Waals surface area contributed by atoms with E-state index >= 15 is 0 Å². The van der Waals surface area contributed by atoms with Gasteiger partial charge in [0.15, 0.2) is 5.82 Å². The summed E-state index contributed by atoms with van der Waals surface area (Å²) in [5.74, 6) is 0.593. The van der Waals surface area contributed by atoms with Gasteiger partial charge in [0.1, 0.15) is 11.6 Å². The van der Waals surface area contributed by atoms with E-state index < -0.39 is 6.36 Å². The van der Waals surface area contributed by atoms with Crippen molar-refractivity contribution in [2.24, 2.45) is 0 Å². The Labute approximate surface area is 107 Å². The first-order valence-corrected chi connectivity index (χ1v) is 5.35. The quantitative estimate of drug-likeness (QED) is 0.930. The van der Waals surface area contributed by atoms with E-state index in [9.17, 15) is 13.2 Å². The number of halogens is 3. The van der Waals surface area contributed by atoms with Gasteiger partial charge in [0.05, 0.1) is 0 Å². The molecule has 2 aromatic rings. The summed E-state index contributed by atoms with van der Waals surface area (Å²) in [4.78, 5) is 8.15. The van der Waals surface area contributed by atoms with Gasteiger partial charge >= 0.3 is 6.36 Å². The zero-order valence-electron chi connectivity index (χ0n) is 9.90. The van der Waals surface area contributed by atoms with Gasteiger partial charge in [-0.3, -0.25) is 0 Å². The number of benzene rings is 1. The van der Waals surface area contributed by atoms with Gasteiger partial charge in [-0.2, -0.15) is 0 Å². The molecule has 100 valence electrons. The molecule has 1 heterocycles. The second kappa shape index (κ2) is 5.13. The lowest BCUT2D eigenvalue weighted by Gasteiger charge is -2.09. The van der Waals surface area contributed by atoms with E-state index in [4.69, 9.17) is 0 Å². The Kier molecular flexibility index (Phi) is 3.55. The first kappa shape index (κ1) is 13.1. The maximum absolute atomic E-state index is 12.1. The Morgan fingerprint density at radius 3 is 2.68 bits per heavy atom. The summed E-state index contributed by atoms with van der Waals surface area (Å²) < 4.78 is 40.2. The SMILES string of the molecule is CNc1ccnc(-c2cccc(OC(F)(F)F)c2)n1. The number of hydrogen-bond donors (Lipinski definition) is 1. The van der Waals surface area contributed by atoms with Crippen LogP contribution in [0.3, 0.4) is 0 Å². The highest BCUT2D eigenvalue weighted by atomic mass is 19.4. The van der Waals surface area contributed by atoms with Crippen LogP contribution in [0.15, 0.2) is 36.5 Å². The van der Waals surface area contributed by atoms with Crippen molar-refractivity contribution < 1.29 is 17.9 Å². The smallest absolute Gasteiger partial charge is 0.406 e. The van der Waals surface area contributed by atoms with Crippen molar-refractivity contribution in [2.45, 2.75) is 6.36 Å². The Balaban J connectivity index is 2.32. The van der Waals surface area contributed by atoms with Crippen molar-refractivity contribution in [3.63, 3.8) is 0 Å². The lowest BCUT2D eigenvalue weighted by atomic mass is 10.2. The zero-order valence-corrected chi connectivity index (χ0v) is 9.90. The highest BCUT2D eigenvalue weighted by Gasteiger charge is 2.31. The standard InChI is InChI=1S/C12H10F3N3O/c1-16-10-5-6-17-11(18-10)8-3-2-4-9(7-8)19-12(13,14)15/h2-7H,1H3,(H,16,17,18). The van der Waals surface area contributed by atoms with Gasteiger partial charge in [-0.15, -0.1) is 13.2 Å². The van der Waals surface area contributed by atoms with E-state index in [0.29, 0.717) is 17.2 Å². The lowest BCUT2D eigenvalue weighted by molar-refractivity contribution is -0.274. The lowest BCUT2D eigenvalue weighted by Crippen LogP contribution is -2.17. The number of nitrogens with zero attached hydrogens (tertiary/aromatic N) is 2. The predicted molar refractivity (Wildman–Crippen MR) is 63.7 cm³/mol. The molecule has 0 saturated heterocycles. The summed E-state index contributed by atoms with van der Waals surface area (Å²) in [7, 11) is 1.69. The zero-order chi connectivity index (χ0) is 13.9. The molecule has 0 spiro atoms. The number of aromatic nitrogens is 2. The van der Waals surface area contributed by atoms with Crippen LogP contribution in [0.4, 0.5) is 19.0 Å². The molecule has 0 atom stereocenters. The van der Waals surface area contributed by atoms with Crippen LogP contribution in [0.5, 0.6) is 5.75 Å². The van der Waals surface area contributed by atoms with Gasteiger partial charge in [0.25, 0.3) is 0 Å². The molecule has 0 radical (unpaired) electrons. The maximum atomic E-state index is 12.1. The number of rotatable bonds is 3. The summed E-state index contributed by atoms with van der Waals surface area (Å²) in [6.45, 7) is 0. The molecule has 1 aromatic carbocycles. The minimum absolute atomic E-state index is 0.302. The van der Waals surface area contributed by atoms with Gasteiger partial charge in [-0.05, 0) is 18.2 Å². The topological polar surface area (TPSA) is 47.0 Å². The molecule has 1 aromatic heterocycles. The van der Waals surface area contributed by atoms with Crippen LogP contribution in [0, 0.1) is 0 Å². The van der Waals surface area contributed by atoms with Gasteiger partial charge in [0, 0.05) is 18.8 Å². The molecular weight excluding hydrogens is 259 g/mol. The fourth-order valence-corrected chi connectivity index (χ4v) is 1.47. The Bertz CT molecular complexity index is 572. The van der Waals surface area contributed by atoms with Gasteiger partial charge in [-0.25, -0.2) is 9.97 Å². The molecule has 1 N–H and O–H groups in total. The third-order valence-electron chi connectivity index (χ3n) is 2.24. The van der Waals surface area contributed by atoms with Crippen LogP contribution in [-0.2, 0) is 0 Å². The van der Waals surface area contributed by atoms with Crippen LogP contribution in [0.1, 0.15) is 0 Å². The summed E-state index contributed by atoms with van der Waals surface area (Å²) in [5, 5.41) is 2.83. The second-order valence-electron chi connectivity index (χ2n) is 3.59.